The van der Waals surface area contributed by atoms with Crippen LogP contribution >= 0.6 is 0 Å². The molecule has 0 unspecified atom stereocenters. The van der Waals surface area contributed by atoms with E-state index in [1.54, 1.807) is 12.1 Å². The lowest BCUT2D eigenvalue weighted by molar-refractivity contribution is -0.111. The number of hydrogen-bond acceptors (Lipinski definition) is 3. The number of amides is 2. The van der Waals surface area contributed by atoms with Crippen molar-refractivity contribution in [2.24, 2.45) is 5.92 Å². The Balaban J connectivity index is 1.56. The zero-order valence-corrected chi connectivity index (χ0v) is 19.8. The molecule has 5 heteroatoms. The Morgan fingerprint density at radius 3 is 2.47 bits per heavy atom. The van der Waals surface area contributed by atoms with Gasteiger partial charge in [0.1, 0.15) is 0 Å². The van der Waals surface area contributed by atoms with Crippen molar-refractivity contribution in [1.29, 1.82) is 0 Å². The zero-order valence-electron chi connectivity index (χ0n) is 19.8. The summed E-state index contributed by atoms with van der Waals surface area (Å²) in [5.41, 5.74) is 5.65. The Labute approximate surface area is 201 Å². The smallest absolute Gasteiger partial charge is 0.253 e. The molecule has 174 valence electrons. The molecule has 0 bridgehead atoms. The fourth-order valence-corrected chi connectivity index (χ4v) is 4.08. The van der Waals surface area contributed by atoms with E-state index in [1.165, 1.54) is 17.2 Å². The van der Waals surface area contributed by atoms with E-state index in [-0.39, 0.29) is 11.8 Å². The number of carbonyl (C=O) groups excluding carboxylic acids is 2. The Morgan fingerprint density at radius 1 is 0.971 bits per heavy atom. The second kappa shape index (κ2) is 10.8. The van der Waals surface area contributed by atoms with Crippen LogP contribution in [0.5, 0.6) is 0 Å². The summed E-state index contributed by atoms with van der Waals surface area (Å²) in [6, 6.07) is 23.7. The Bertz CT molecular complexity index is 1180. The maximum Gasteiger partial charge on any atom is 0.253 e. The summed E-state index contributed by atoms with van der Waals surface area (Å²) in [6.45, 7) is 6.33. The average Bonchev–Trinajstić information content (AvgIpc) is 2.86. The number of hydrogen-bond donors (Lipinski definition) is 2. The van der Waals surface area contributed by atoms with E-state index in [2.05, 4.69) is 53.6 Å². The summed E-state index contributed by atoms with van der Waals surface area (Å²) in [5.74, 6) is -0.0178. The fourth-order valence-electron chi connectivity index (χ4n) is 4.08. The van der Waals surface area contributed by atoms with Gasteiger partial charge in [-0.15, -0.1) is 0 Å². The highest BCUT2D eigenvalue weighted by molar-refractivity contribution is 6.05. The van der Waals surface area contributed by atoms with Crippen LogP contribution in [0.1, 0.15) is 40.9 Å². The van der Waals surface area contributed by atoms with Crippen LogP contribution in [0.3, 0.4) is 0 Å². The highest BCUT2D eigenvalue weighted by Gasteiger charge is 2.22. The minimum Gasteiger partial charge on any atom is -0.366 e. The van der Waals surface area contributed by atoms with E-state index >= 15 is 0 Å². The molecule has 0 atom stereocenters. The van der Waals surface area contributed by atoms with Crippen LogP contribution in [0.4, 0.5) is 11.4 Å². The van der Waals surface area contributed by atoms with Crippen LogP contribution in [0.15, 0.2) is 78.9 Å². The lowest BCUT2D eigenvalue weighted by atomic mass is 9.98. The molecular formula is C29H31N3O2. The van der Waals surface area contributed by atoms with Crippen molar-refractivity contribution in [3.63, 3.8) is 0 Å². The summed E-state index contributed by atoms with van der Waals surface area (Å²) in [7, 11) is 0. The second-order valence-corrected chi connectivity index (χ2v) is 9.01. The van der Waals surface area contributed by atoms with Gasteiger partial charge in [0.2, 0.25) is 5.91 Å². The molecule has 0 aromatic heterocycles. The maximum absolute atomic E-state index is 13.1. The summed E-state index contributed by atoms with van der Waals surface area (Å²) in [5, 5.41) is 5.93. The highest BCUT2D eigenvalue weighted by Crippen LogP contribution is 2.29. The molecule has 3 aromatic carbocycles. The third-order valence-electron chi connectivity index (χ3n) is 5.88. The van der Waals surface area contributed by atoms with Gasteiger partial charge in [0.25, 0.3) is 5.91 Å². The van der Waals surface area contributed by atoms with Crippen molar-refractivity contribution in [3.05, 3.63) is 101 Å². The summed E-state index contributed by atoms with van der Waals surface area (Å²) < 4.78 is 0. The van der Waals surface area contributed by atoms with Crippen LogP contribution in [-0.2, 0) is 17.8 Å². The number of anilines is 2. The number of benzene rings is 3. The van der Waals surface area contributed by atoms with Crippen molar-refractivity contribution < 1.29 is 9.59 Å². The topological polar surface area (TPSA) is 61.4 Å². The van der Waals surface area contributed by atoms with Crippen LogP contribution in [-0.4, -0.2) is 24.9 Å². The molecule has 5 nitrogen and oxygen atoms in total. The lowest BCUT2D eigenvalue weighted by Crippen LogP contribution is -2.34. The molecule has 1 aliphatic heterocycles. The molecule has 1 heterocycles. The number of carbonyl (C=O) groups is 2. The molecule has 0 aliphatic carbocycles. The van der Waals surface area contributed by atoms with Gasteiger partial charge in [-0.2, -0.15) is 0 Å². The van der Waals surface area contributed by atoms with E-state index in [4.69, 9.17) is 0 Å². The molecule has 2 N–H and O–H groups in total. The van der Waals surface area contributed by atoms with Crippen molar-refractivity contribution >= 4 is 29.3 Å². The van der Waals surface area contributed by atoms with Gasteiger partial charge in [-0.3, -0.25) is 9.59 Å². The van der Waals surface area contributed by atoms with E-state index in [1.807, 2.05) is 42.5 Å². The van der Waals surface area contributed by atoms with Crippen LogP contribution in [0.25, 0.3) is 6.08 Å². The summed E-state index contributed by atoms with van der Waals surface area (Å²) in [4.78, 5) is 27.9. The Kier molecular flexibility index (Phi) is 7.43. The first-order chi connectivity index (χ1) is 16.5. The van der Waals surface area contributed by atoms with Gasteiger partial charge >= 0.3 is 0 Å². The monoisotopic (exact) mass is 453 g/mol. The predicted octanol–water partition coefficient (Wildman–Crippen LogP) is 5.29. The minimum absolute atomic E-state index is 0.126. The molecule has 0 saturated heterocycles. The highest BCUT2D eigenvalue weighted by atomic mass is 16.2. The number of rotatable bonds is 7. The molecule has 0 fully saturated rings. The molecular weight excluding hydrogens is 422 g/mol. The second-order valence-electron chi connectivity index (χ2n) is 9.01. The Morgan fingerprint density at radius 2 is 1.71 bits per heavy atom. The SMILES string of the molecule is CC(C)CNC(=O)c1cc(NC(=O)C=Cc2ccccc2)ccc1N1CCc2ccccc2C1. The predicted molar refractivity (Wildman–Crippen MR) is 139 cm³/mol. The van der Waals surface area contributed by atoms with Gasteiger partial charge in [0.05, 0.1) is 5.56 Å². The van der Waals surface area contributed by atoms with Gasteiger partial charge in [-0.1, -0.05) is 68.4 Å². The molecule has 0 saturated carbocycles. The third-order valence-corrected chi connectivity index (χ3v) is 5.88. The van der Waals surface area contributed by atoms with Gasteiger partial charge in [0, 0.05) is 37.1 Å². The van der Waals surface area contributed by atoms with Crippen molar-refractivity contribution in [2.45, 2.75) is 26.8 Å². The van der Waals surface area contributed by atoms with Gasteiger partial charge in [0.15, 0.2) is 0 Å². The van der Waals surface area contributed by atoms with Crippen molar-refractivity contribution in [3.8, 4) is 0 Å². The molecule has 34 heavy (non-hydrogen) atoms. The standard InChI is InChI=1S/C29H31N3O2/c1-21(2)19-30-29(34)26-18-25(31-28(33)15-12-22-8-4-3-5-9-22)13-14-27(26)32-17-16-23-10-6-7-11-24(23)20-32/h3-15,18,21H,16-17,19-20H2,1-2H3,(H,30,34)(H,31,33). The van der Waals surface area contributed by atoms with Gasteiger partial charge < -0.3 is 15.5 Å². The molecule has 0 radical (unpaired) electrons. The first-order valence-electron chi connectivity index (χ1n) is 11.8. The van der Waals surface area contributed by atoms with Gasteiger partial charge in [-0.25, -0.2) is 0 Å². The maximum atomic E-state index is 13.1. The normalized spacial score (nSPS) is 13.1. The molecule has 2 amide bonds. The van der Waals surface area contributed by atoms with Gasteiger partial charge in [-0.05, 0) is 53.3 Å². The summed E-state index contributed by atoms with van der Waals surface area (Å²) >= 11 is 0. The van der Waals surface area contributed by atoms with E-state index in [9.17, 15) is 9.59 Å². The number of fused-ring (bicyclic) bond motifs is 1. The molecule has 1 aliphatic rings. The third kappa shape index (κ3) is 5.93. The lowest BCUT2D eigenvalue weighted by Gasteiger charge is -2.32. The van der Waals surface area contributed by atoms with Crippen LogP contribution < -0.4 is 15.5 Å². The van der Waals surface area contributed by atoms with E-state index in [0.29, 0.717) is 23.7 Å². The summed E-state index contributed by atoms with van der Waals surface area (Å²) in [6.07, 6.45) is 4.21. The number of nitrogens with one attached hydrogen (secondary N) is 2. The first kappa shape index (κ1) is 23.3. The van der Waals surface area contributed by atoms with E-state index < -0.39 is 0 Å². The Hall–Kier alpha value is -3.86. The van der Waals surface area contributed by atoms with Crippen LogP contribution in [0, 0.1) is 5.92 Å². The van der Waals surface area contributed by atoms with Crippen LogP contribution in [0.2, 0.25) is 0 Å². The fraction of sp³-hybridized carbons (Fsp3) is 0.241. The van der Waals surface area contributed by atoms with Crippen molar-refractivity contribution in [1.82, 2.24) is 5.32 Å². The minimum atomic E-state index is -0.239. The number of nitrogens with zero attached hydrogens (tertiary/aromatic N) is 1. The van der Waals surface area contributed by atoms with Crippen molar-refractivity contribution in [2.75, 3.05) is 23.3 Å². The zero-order chi connectivity index (χ0) is 23.9. The molecule has 0 spiro atoms. The quantitative estimate of drug-likeness (QED) is 0.478. The average molecular weight is 454 g/mol. The largest absolute Gasteiger partial charge is 0.366 e. The molecule has 3 aromatic rings. The van der Waals surface area contributed by atoms with E-state index in [0.717, 1.165) is 30.8 Å². The molecule has 4 rings (SSSR count). The first-order valence-corrected chi connectivity index (χ1v) is 11.8.